The Morgan fingerprint density at radius 1 is 1.21 bits per heavy atom. The first kappa shape index (κ1) is 17.5. The first-order chi connectivity index (χ1) is 11.5. The normalized spacial score (nSPS) is 10.2. The highest BCUT2D eigenvalue weighted by atomic mass is 16.6. The smallest absolute Gasteiger partial charge is 0.273 e. The van der Waals surface area contributed by atoms with Crippen LogP contribution in [0.1, 0.15) is 35.7 Å². The minimum atomic E-state index is -0.492. The highest BCUT2D eigenvalue weighted by Crippen LogP contribution is 2.22. The molecule has 0 saturated carbocycles. The number of unbranched alkanes of at least 4 members (excludes halogenated alkanes) is 1. The predicted octanol–water partition coefficient (Wildman–Crippen LogP) is 4.33. The number of nitrogens with one attached hydrogen (secondary N) is 1. The molecule has 0 radical (unpaired) electrons. The molecule has 0 aromatic heterocycles. The minimum Gasteiger partial charge on any atom is -0.494 e. The summed E-state index contributed by atoms with van der Waals surface area (Å²) in [6.45, 7) is 4.32. The number of benzene rings is 2. The molecule has 0 heterocycles. The van der Waals surface area contributed by atoms with Gasteiger partial charge >= 0.3 is 0 Å². The summed E-state index contributed by atoms with van der Waals surface area (Å²) < 4.78 is 5.56. The van der Waals surface area contributed by atoms with E-state index in [0.717, 1.165) is 18.6 Å². The zero-order valence-corrected chi connectivity index (χ0v) is 13.7. The topological polar surface area (TPSA) is 81.5 Å². The van der Waals surface area contributed by atoms with Crippen LogP contribution in [-0.2, 0) is 0 Å². The number of ether oxygens (including phenoxy) is 1. The van der Waals surface area contributed by atoms with Gasteiger partial charge < -0.3 is 10.1 Å². The summed E-state index contributed by atoms with van der Waals surface area (Å²) in [5.41, 5.74) is 1.17. The molecule has 2 rings (SSSR count). The summed E-state index contributed by atoms with van der Waals surface area (Å²) >= 11 is 0. The molecule has 0 bridgehead atoms. The van der Waals surface area contributed by atoms with Crippen LogP contribution in [0.25, 0.3) is 0 Å². The molecule has 24 heavy (non-hydrogen) atoms. The van der Waals surface area contributed by atoms with Crippen LogP contribution in [0.5, 0.6) is 5.75 Å². The number of amides is 1. The third-order valence-corrected chi connectivity index (χ3v) is 3.63. The monoisotopic (exact) mass is 328 g/mol. The first-order valence-corrected chi connectivity index (χ1v) is 7.81. The Kier molecular flexibility index (Phi) is 5.89. The van der Waals surface area contributed by atoms with E-state index in [1.54, 1.807) is 37.3 Å². The highest BCUT2D eigenvalue weighted by molar-refractivity contribution is 6.05. The van der Waals surface area contributed by atoms with Gasteiger partial charge in [-0.05, 0) is 43.7 Å². The van der Waals surface area contributed by atoms with Crippen molar-refractivity contribution in [3.63, 3.8) is 0 Å². The van der Waals surface area contributed by atoms with Gasteiger partial charge in [-0.25, -0.2) is 0 Å². The van der Waals surface area contributed by atoms with Gasteiger partial charge in [0.05, 0.1) is 11.5 Å². The summed E-state index contributed by atoms with van der Waals surface area (Å²) in [4.78, 5) is 22.8. The van der Waals surface area contributed by atoms with E-state index >= 15 is 0 Å². The molecular weight excluding hydrogens is 308 g/mol. The fourth-order valence-electron chi connectivity index (χ4n) is 2.23. The molecule has 2 aromatic rings. The average Bonchev–Trinajstić information content (AvgIpc) is 2.56. The lowest BCUT2D eigenvalue weighted by Gasteiger charge is -2.09. The van der Waals surface area contributed by atoms with Crippen LogP contribution in [0.2, 0.25) is 0 Å². The van der Waals surface area contributed by atoms with Crippen LogP contribution < -0.4 is 10.1 Å². The van der Waals surface area contributed by atoms with Gasteiger partial charge in [-0.2, -0.15) is 0 Å². The van der Waals surface area contributed by atoms with Gasteiger partial charge in [0.2, 0.25) is 0 Å². The number of carbonyl (C=O) groups is 1. The van der Waals surface area contributed by atoms with Crippen LogP contribution >= 0.6 is 0 Å². The molecule has 6 heteroatoms. The molecule has 0 unspecified atom stereocenters. The average molecular weight is 328 g/mol. The van der Waals surface area contributed by atoms with Gasteiger partial charge in [0.1, 0.15) is 5.75 Å². The first-order valence-electron chi connectivity index (χ1n) is 7.81. The van der Waals surface area contributed by atoms with E-state index in [1.807, 2.05) is 0 Å². The van der Waals surface area contributed by atoms with Crippen LogP contribution in [0, 0.1) is 17.0 Å². The summed E-state index contributed by atoms with van der Waals surface area (Å²) in [6.07, 6.45) is 2.06. The number of nitro groups is 1. The van der Waals surface area contributed by atoms with Gasteiger partial charge in [0.15, 0.2) is 0 Å². The second-order valence-electron chi connectivity index (χ2n) is 5.39. The maximum absolute atomic E-state index is 12.3. The molecule has 0 spiro atoms. The Hall–Kier alpha value is -2.89. The Morgan fingerprint density at radius 3 is 2.54 bits per heavy atom. The second kappa shape index (κ2) is 8.10. The van der Waals surface area contributed by atoms with E-state index in [1.165, 1.54) is 12.1 Å². The summed E-state index contributed by atoms with van der Waals surface area (Å²) in [5.74, 6) is 0.365. The minimum absolute atomic E-state index is 0.0673. The molecule has 0 aliphatic heterocycles. The third-order valence-electron chi connectivity index (χ3n) is 3.63. The molecule has 0 aliphatic rings. The molecular formula is C18H20N2O4. The number of anilines is 1. The van der Waals surface area contributed by atoms with Gasteiger partial charge in [-0.15, -0.1) is 0 Å². The lowest BCUT2D eigenvalue weighted by atomic mass is 10.1. The van der Waals surface area contributed by atoms with Crippen molar-refractivity contribution in [2.45, 2.75) is 26.7 Å². The number of rotatable bonds is 7. The van der Waals surface area contributed by atoms with E-state index in [-0.39, 0.29) is 17.2 Å². The molecule has 1 amide bonds. The Labute approximate surface area is 140 Å². The van der Waals surface area contributed by atoms with Gasteiger partial charge in [0, 0.05) is 22.9 Å². The zero-order valence-electron chi connectivity index (χ0n) is 13.7. The maximum Gasteiger partial charge on any atom is 0.273 e. The van der Waals surface area contributed by atoms with Crippen molar-refractivity contribution in [2.24, 2.45) is 0 Å². The lowest BCUT2D eigenvalue weighted by Crippen LogP contribution is -2.14. The van der Waals surface area contributed by atoms with Crippen molar-refractivity contribution < 1.29 is 14.5 Å². The summed E-state index contributed by atoms with van der Waals surface area (Å²) in [5, 5.41) is 13.7. The Bertz CT molecular complexity index is 726. The number of nitro benzene ring substituents is 1. The van der Waals surface area contributed by atoms with Crippen LogP contribution in [0.15, 0.2) is 42.5 Å². The van der Waals surface area contributed by atoms with E-state index in [4.69, 9.17) is 4.74 Å². The fraction of sp³-hybridized carbons (Fsp3) is 0.278. The Morgan fingerprint density at radius 2 is 1.92 bits per heavy atom. The van der Waals surface area contributed by atoms with Crippen molar-refractivity contribution in [3.05, 3.63) is 63.7 Å². The Balaban J connectivity index is 2.07. The molecule has 0 fully saturated rings. The molecule has 2 aromatic carbocycles. The van der Waals surface area contributed by atoms with Gasteiger partial charge in [0.25, 0.3) is 11.6 Å². The molecule has 6 nitrogen and oxygen atoms in total. The van der Waals surface area contributed by atoms with Crippen LogP contribution in [-0.4, -0.2) is 17.4 Å². The van der Waals surface area contributed by atoms with Crippen molar-refractivity contribution in [1.82, 2.24) is 0 Å². The quantitative estimate of drug-likeness (QED) is 0.466. The summed E-state index contributed by atoms with van der Waals surface area (Å²) in [7, 11) is 0. The maximum atomic E-state index is 12.3. The van der Waals surface area contributed by atoms with E-state index in [0.29, 0.717) is 17.9 Å². The van der Waals surface area contributed by atoms with Crippen LogP contribution in [0.3, 0.4) is 0 Å². The van der Waals surface area contributed by atoms with Crippen molar-refractivity contribution in [1.29, 1.82) is 0 Å². The third kappa shape index (κ3) is 4.32. The molecule has 0 aliphatic carbocycles. The molecule has 1 N–H and O–H groups in total. The van der Waals surface area contributed by atoms with Gasteiger partial charge in [-0.1, -0.05) is 19.4 Å². The number of nitrogens with zero attached hydrogens (tertiary/aromatic N) is 1. The largest absolute Gasteiger partial charge is 0.494 e. The molecule has 0 saturated heterocycles. The van der Waals surface area contributed by atoms with Crippen molar-refractivity contribution in [3.8, 4) is 5.75 Å². The molecule has 126 valence electrons. The van der Waals surface area contributed by atoms with E-state index < -0.39 is 4.92 Å². The van der Waals surface area contributed by atoms with Crippen molar-refractivity contribution >= 4 is 17.3 Å². The summed E-state index contributed by atoms with van der Waals surface area (Å²) in [6, 6.07) is 11.5. The van der Waals surface area contributed by atoms with Crippen LogP contribution in [0.4, 0.5) is 11.4 Å². The standard InChI is InChI=1S/C18H20N2O4/c1-3-4-12-24-15-10-8-14(9-11-15)19-18(21)16-6-5-7-17(13(16)2)20(22)23/h5-11H,3-4,12H2,1-2H3,(H,19,21). The SMILES string of the molecule is CCCCOc1ccc(NC(=O)c2cccc([N+](=O)[O-])c2C)cc1. The van der Waals surface area contributed by atoms with E-state index in [2.05, 4.69) is 12.2 Å². The fourth-order valence-corrected chi connectivity index (χ4v) is 2.23. The van der Waals surface area contributed by atoms with E-state index in [9.17, 15) is 14.9 Å². The van der Waals surface area contributed by atoms with Crippen molar-refractivity contribution in [2.75, 3.05) is 11.9 Å². The second-order valence-corrected chi connectivity index (χ2v) is 5.39. The highest BCUT2D eigenvalue weighted by Gasteiger charge is 2.17. The number of hydrogen-bond donors (Lipinski definition) is 1. The number of carbonyl (C=O) groups excluding carboxylic acids is 1. The predicted molar refractivity (Wildman–Crippen MR) is 92.6 cm³/mol. The number of hydrogen-bond acceptors (Lipinski definition) is 4. The zero-order chi connectivity index (χ0) is 17.5. The van der Waals surface area contributed by atoms with Gasteiger partial charge in [-0.3, -0.25) is 14.9 Å². The lowest BCUT2D eigenvalue weighted by molar-refractivity contribution is -0.385. The molecule has 0 atom stereocenters.